The van der Waals surface area contributed by atoms with E-state index in [0.29, 0.717) is 5.92 Å². The first-order valence-corrected chi connectivity index (χ1v) is 6.10. The Morgan fingerprint density at radius 1 is 1.33 bits per heavy atom. The summed E-state index contributed by atoms with van der Waals surface area (Å²) in [6.07, 6.45) is 2.08. The molecule has 0 amide bonds. The number of benzene rings is 1. The number of halogens is 2. The third-order valence-electron chi connectivity index (χ3n) is 2.99. The van der Waals surface area contributed by atoms with Crippen molar-refractivity contribution in [3.63, 3.8) is 0 Å². The van der Waals surface area contributed by atoms with Gasteiger partial charge in [0, 0.05) is 31.5 Å². The Kier molecular flexibility index (Phi) is 4.75. The second kappa shape index (κ2) is 6.54. The third-order valence-corrected chi connectivity index (χ3v) is 2.99. The molecule has 0 atom stereocenters. The lowest BCUT2D eigenvalue weighted by Crippen LogP contribution is -2.22. The second-order valence-electron chi connectivity index (χ2n) is 4.34. The molecule has 1 aliphatic rings. The number of ether oxygens (including phenoxy) is 2. The summed E-state index contributed by atoms with van der Waals surface area (Å²) < 4.78 is 33.8. The molecule has 5 heteroatoms. The highest BCUT2D eigenvalue weighted by atomic mass is 19.3. The Hall–Kier alpha value is -1.36. The van der Waals surface area contributed by atoms with E-state index in [9.17, 15) is 8.78 Å². The zero-order chi connectivity index (χ0) is 12.8. The van der Waals surface area contributed by atoms with E-state index in [4.69, 9.17) is 4.74 Å². The monoisotopic (exact) mass is 257 g/mol. The summed E-state index contributed by atoms with van der Waals surface area (Å²) in [5.74, 6) is 0.764. The lowest BCUT2D eigenvalue weighted by Gasteiger charge is -2.22. The zero-order valence-electron chi connectivity index (χ0n) is 10.1. The maximum Gasteiger partial charge on any atom is 0.387 e. The van der Waals surface area contributed by atoms with Crippen molar-refractivity contribution in [3.05, 3.63) is 24.3 Å². The highest BCUT2D eigenvalue weighted by Crippen LogP contribution is 2.21. The Balaban J connectivity index is 1.84. The summed E-state index contributed by atoms with van der Waals surface area (Å²) in [7, 11) is 0. The molecule has 0 spiro atoms. The smallest absolute Gasteiger partial charge is 0.387 e. The lowest BCUT2D eigenvalue weighted by atomic mass is 10.0. The topological polar surface area (TPSA) is 30.5 Å². The summed E-state index contributed by atoms with van der Waals surface area (Å²) in [4.78, 5) is 0. The highest BCUT2D eigenvalue weighted by Gasteiger charge is 2.13. The molecule has 18 heavy (non-hydrogen) atoms. The molecule has 0 saturated carbocycles. The standard InChI is InChI=1S/C13H17F2NO2/c14-13(15)18-12-3-1-2-11(8-12)16-9-10-4-6-17-7-5-10/h1-3,8,10,13,16H,4-7,9H2. The van der Waals surface area contributed by atoms with Crippen molar-refractivity contribution in [2.45, 2.75) is 19.5 Å². The van der Waals surface area contributed by atoms with E-state index in [-0.39, 0.29) is 5.75 Å². The Morgan fingerprint density at radius 2 is 2.11 bits per heavy atom. The van der Waals surface area contributed by atoms with Crippen LogP contribution in [0.25, 0.3) is 0 Å². The first-order chi connectivity index (χ1) is 8.74. The van der Waals surface area contributed by atoms with Crippen LogP contribution in [0.1, 0.15) is 12.8 Å². The predicted molar refractivity (Wildman–Crippen MR) is 65.1 cm³/mol. The van der Waals surface area contributed by atoms with Crippen LogP contribution in [-0.4, -0.2) is 26.4 Å². The van der Waals surface area contributed by atoms with Gasteiger partial charge in [-0.05, 0) is 30.9 Å². The van der Waals surface area contributed by atoms with Crippen LogP contribution in [0.4, 0.5) is 14.5 Å². The number of hydrogen-bond donors (Lipinski definition) is 1. The van der Waals surface area contributed by atoms with Crippen LogP contribution in [0.15, 0.2) is 24.3 Å². The molecule has 0 aromatic heterocycles. The largest absolute Gasteiger partial charge is 0.435 e. The van der Waals surface area contributed by atoms with Crippen LogP contribution in [0, 0.1) is 5.92 Å². The lowest BCUT2D eigenvalue weighted by molar-refractivity contribution is -0.0498. The van der Waals surface area contributed by atoms with Crippen LogP contribution in [-0.2, 0) is 4.74 Å². The van der Waals surface area contributed by atoms with Crippen molar-refractivity contribution in [1.82, 2.24) is 0 Å². The predicted octanol–water partition coefficient (Wildman–Crippen LogP) is 3.13. The SMILES string of the molecule is FC(F)Oc1cccc(NCC2CCOCC2)c1. The van der Waals surface area contributed by atoms with Crippen LogP contribution < -0.4 is 10.1 Å². The molecule has 100 valence electrons. The molecular weight excluding hydrogens is 240 g/mol. The minimum atomic E-state index is -2.78. The van der Waals surface area contributed by atoms with Crippen molar-refractivity contribution in [2.75, 3.05) is 25.1 Å². The van der Waals surface area contributed by atoms with Gasteiger partial charge in [0.15, 0.2) is 0 Å². The molecule has 3 nitrogen and oxygen atoms in total. The fraction of sp³-hybridized carbons (Fsp3) is 0.538. The average molecular weight is 257 g/mol. The summed E-state index contributed by atoms with van der Waals surface area (Å²) >= 11 is 0. The number of alkyl halides is 2. The Bertz CT molecular complexity index is 368. The van der Waals surface area contributed by atoms with Gasteiger partial charge >= 0.3 is 6.61 Å². The van der Waals surface area contributed by atoms with Crippen molar-refractivity contribution >= 4 is 5.69 Å². The van der Waals surface area contributed by atoms with Gasteiger partial charge in [0.05, 0.1) is 0 Å². The van der Waals surface area contributed by atoms with Crippen LogP contribution in [0.5, 0.6) is 5.75 Å². The molecule has 0 aliphatic carbocycles. The van der Waals surface area contributed by atoms with E-state index in [1.807, 2.05) is 6.07 Å². The molecular formula is C13H17F2NO2. The van der Waals surface area contributed by atoms with E-state index >= 15 is 0 Å². The molecule has 1 aromatic carbocycles. The number of anilines is 1. The van der Waals surface area contributed by atoms with Gasteiger partial charge in [-0.25, -0.2) is 0 Å². The first-order valence-electron chi connectivity index (χ1n) is 6.10. The molecule has 1 fully saturated rings. The van der Waals surface area contributed by atoms with Gasteiger partial charge in [-0.15, -0.1) is 0 Å². The van der Waals surface area contributed by atoms with Gasteiger partial charge < -0.3 is 14.8 Å². The Labute approximate surface area is 105 Å². The van der Waals surface area contributed by atoms with Gasteiger partial charge in [-0.3, -0.25) is 0 Å². The van der Waals surface area contributed by atoms with Crippen molar-refractivity contribution in [1.29, 1.82) is 0 Å². The van der Waals surface area contributed by atoms with E-state index in [0.717, 1.165) is 38.3 Å². The van der Waals surface area contributed by atoms with Crippen LogP contribution in [0.2, 0.25) is 0 Å². The number of hydrogen-bond acceptors (Lipinski definition) is 3. The van der Waals surface area contributed by atoms with Gasteiger partial charge in [-0.1, -0.05) is 6.07 Å². The van der Waals surface area contributed by atoms with Gasteiger partial charge in [0.1, 0.15) is 5.75 Å². The minimum Gasteiger partial charge on any atom is -0.435 e. The molecule has 1 saturated heterocycles. The second-order valence-corrected chi connectivity index (χ2v) is 4.34. The number of nitrogens with one attached hydrogen (secondary N) is 1. The first kappa shape index (κ1) is 13.1. The van der Waals surface area contributed by atoms with E-state index < -0.39 is 6.61 Å². The van der Waals surface area contributed by atoms with E-state index in [1.165, 1.54) is 6.07 Å². The highest BCUT2D eigenvalue weighted by molar-refractivity contribution is 5.48. The van der Waals surface area contributed by atoms with Crippen LogP contribution >= 0.6 is 0 Å². The maximum atomic E-state index is 12.1. The summed E-state index contributed by atoms with van der Waals surface area (Å²) in [5.41, 5.74) is 0.805. The number of rotatable bonds is 5. The van der Waals surface area contributed by atoms with Crippen molar-refractivity contribution in [3.8, 4) is 5.75 Å². The summed E-state index contributed by atoms with van der Waals surface area (Å²) in [6.45, 7) is -0.334. The molecule has 0 unspecified atom stereocenters. The van der Waals surface area contributed by atoms with E-state index in [2.05, 4.69) is 10.1 Å². The van der Waals surface area contributed by atoms with Gasteiger partial charge in [0.25, 0.3) is 0 Å². The minimum absolute atomic E-state index is 0.182. The molecule has 1 aliphatic heterocycles. The fourth-order valence-corrected chi connectivity index (χ4v) is 1.99. The normalized spacial score (nSPS) is 16.8. The molecule has 0 radical (unpaired) electrons. The quantitative estimate of drug-likeness (QED) is 0.879. The zero-order valence-corrected chi connectivity index (χ0v) is 10.1. The third kappa shape index (κ3) is 4.14. The Morgan fingerprint density at radius 3 is 2.83 bits per heavy atom. The van der Waals surface area contributed by atoms with Gasteiger partial charge in [0.2, 0.25) is 0 Å². The van der Waals surface area contributed by atoms with E-state index in [1.54, 1.807) is 12.1 Å². The molecule has 1 heterocycles. The van der Waals surface area contributed by atoms with Gasteiger partial charge in [-0.2, -0.15) is 8.78 Å². The fourth-order valence-electron chi connectivity index (χ4n) is 1.99. The molecule has 1 N–H and O–H groups in total. The summed E-state index contributed by atoms with van der Waals surface area (Å²) in [6, 6.07) is 6.65. The van der Waals surface area contributed by atoms with Crippen molar-refractivity contribution in [2.24, 2.45) is 5.92 Å². The summed E-state index contributed by atoms with van der Waals surface area (Å²) in [5, 5.41) is 3.25. The van der Waals surface area contributed by atoms with Crippen molar-refractivity contribution < 1.29 is 18.3 Å². The maximum absolute atomic E-state index is 12.1. The molecule has 1 aromatic rings. The average Bonchev–Trinajstić information content (AvgIpc) is 2.37. The molecule has 0 bridgehead atoms. The molecule has 2 rings (SSSR count). The van der Waals surface area contributed by atoms with Crippen LogP contribution in [0.3, 0.4) is 0 Å².